The molecule has 3 rings (SSSR count). The molecule has 8 heteroatoms. The number of hydrogen-bond donors (Lipinski definition) is 1. The van der Waals surface area contributed by atoms with Crippen LogP contribution in [0.5, 0.6) is 0 Å². The number of aromatic nitrogens is 3. The number of carbonyl (C=O) groups excluding carboxylic acids is 1. The van der Waals surface area contributed by atoms with E-state index in [0.717, 1.165) is 17.0 Å². The highest BCUT2D eigenvalue weighted by Crippen LogP contribution is 2.26. The number of aryl methyl sites for hydroxylation is 2. The average Bonchev–Trinajstić information content (AvgIpc) is 3.03. The molecule has 1 atom stereocenters. The molecule has 0 fully saturated rings. The number of thiazole rings is 1. The van der Waals surface area contributed by atoms with Crippen LogP contribution in [0.4, 0.5) is 9.52 Å². The maximum atomic E-state index is 13.0. The Bertz CT molecular complexity index is 907. The van der Waals surface area contributed by atoms with E-state index in [1.54, 1.807) is 19.1 Å². The average molecular weight is 388 g/mol. The maximum absolute atomic E-state index is 13.0. The second-order valence-corrected chi connectivity index (χ2v) is 7.89. The predicted molar refractivity (Wildman–Crippen MR) is 103 cm³/mol. The fourth-order valence-electron chi connectivity index (χ4n) is 2.25. The Kier molecular flexibility index (Phi) is 5.63. The third-order valence-corrected chi connectivity index (χ3v) is 5.21. The molecule has 0 aliphatic carbocycles. The number of amides is 1. The van der Waals surface area contributed by atoms with E-state index in [4.69, 9.17) is 0 Å². The summed E-state index contributed by atoms with van der Waals surface area (Å²) in [6.45, 7) is 5.60. The van der Waals surface area contributed by atoms with Crippen LogP contribution in [0.3, 0.4) is 0 Å². The van der Waals surface area contributed by atoms with Gasteiger partial charge in [-0.25, -0.2) is 19.3 Å². The standard InChI is InChI=1S/C18H17FN4OS2/c1-10-8-11(2)21-18(20-10)26-12(3)16(24)23-17-22-15(9-25-17)13-4-6-14(19)7-5-13/h4-9,12H,1-3H3,(H,22,23,24). The lowest BCUT2D eigenvalue weighted by Crippen LogP contribution is -2.22. The first-order valence-electron chi connectivity index (χ1n) is 7.92. The van der Waals surface area contributed by atoms with Gasteiger partial charge in [0.1, 0.15) is 5.82 Å². The fourth-order valence-corrected chi connectivity index (χ4v) is 3.85. The van der Waals surface area contributed by atoms with E-state index in [1.807, 2.05) is 25.3 Å². The highest BCUT2D eigenvalue weighted by atomic mass is 32.2. The van der Waals surface area contributed by atoms with Crippen LogP contribution in [0.25, 0.3) is 11.3 Å². The van der Waals surface area contributed by atoms with Gasteiger partial charge in [0.05, 0.1) is 10.9 Å². The summed E-state index contributed by atoms with van der Waals surface area (Å²) in [6.07, 6.45) is 0. The van der Waals surface area contributed by atoms with Crippen molar-refractivity contribution in [3.05, 3.63) is 52.9 Å². The van der Waals surface area contributed by atoms with Gasteiger partial charge in [0, 0.05) is 22.3 Å². The van der Waals surface area contributed by atoms with Crippen molar-refractivity contribution in [2.24, 2.45) is 0 Å². The van der Waals surface area contributed by atoms with E-state index in [-0.39, 0.29) is 17.0 Å². The normalized spacial score (nSPS) is 12.0. The smallest absolute Gasteiger partial charge is 0.239 e. The minimum atomic E-state index is -0.366. The summed E-state index contributed by atoms with van der Waals surface area (Å²) in [5, 5.41) is 5.35. The van der Waals surface area contributed by atoms with Crippen molar-refractivity contribution >= 4 is 34.1 Å². The molecule has 1 aromatic carbocycles. The van der Waals surface area contributed by atoms with Crippen LogP contribution < -0.4 is 5.32 Å². The lowest BCUT2D eigenvalue weighted by molar-refractivity contribution is -0.115. The number of benzene rings is 1. The zero-order valence-electron chi connectivity index (χ0n) is 14.5. The number of anilines is 1. The van der Waals surface area contributed by atoms with Crippen LogP contribution in [-0.4, -0.2) is 26.1 Å². The van der Waals surface area contributed by atoms with E-state index in [9.17, 15) is 9.18 Å². The highest BCUT2D eigenvalue weighted by Gasteiger charge is 2.18. The summed E-state index contributed by atoms with van der Waals surface area (Å²) in [6, 6.07) is 7.98. The van der Waals surface area contributed by atoms with Gasteiger partial charge in [-0.2, -0.15) is 0 Å². The lowest BCUT2D eigenvalue weighted by Gasteiger charge is -2.10. The van der Waals surface area contributed by atoms with Crippen LogP contribution in [0.2, 0.25) is 0 Å². The second kappa shape index (κ2) is 7.92. The SMILES string of the molecule is Cc1cc(C)nc(SC(C)C(=O)Nc2nc(-c3ccc(F)cc3)cs2)n1. The number of halogens is 1. The summed E-state index contributed by atoms with van der Waals surface area (Å²) in [5.41, 5.74) is 3.24. The van der Waals surface area contributed by atoms with Crippen molar-refractivity contribution in [3.63, 3.8) is 0 Å². The molecule has 2 aromatic heterocycles. The number of carbonyl (C=O) groups is 1. The summed E-state index contributed by atoms with van der Waals surface area (Å²) in [5.74, 6) is -0.463. The van der Waals surface area contributed by atoms with E-state index in [1.165, 1.54) is 35.2 Å². The van der Waals surface area contributed by atoms with Gasteiger partial charge < -0.3 is 5.32 Å². The number of nitrogens with zero attached hydrogens (tertiary/aromatic N) is 3. The first kappa shape index (κ1) is 18.5. The monoisotopic (exact) mass is 388 g/mol. The van der Waals surface area contributed by atoms with Crippen molar-refractivity contribution in [2.45, 2.75) is 31.2 Å². The lowest BCUT2D eigenvalue weighted by atomic mass is 10.2. The number of nitrogens with one attached hydrogen (secondary N) is 1. The predicted octanol–water partition coefficient (Wildman–Crippen LogP) is 4.48. The van der Waals surface area contributed by atoms with Gasteiger partial charge in [-0.05, 0) is 51.1 Å². The molecule has 0 saturated heterocycles. The Hall–Kier alpha value is -2.32. The largest absolute Gasteiger partial charge is 0.301 e. The second-order valence-electron chi connectivity index (χ2n) is 5.73. The van der Waals surface area contributed by atoms with Crippen molar-refractivity contribution in [2.75, 3.05) is 5.32 Å². The molecule has 0 saturated carbocycles. The molecule has 1 amide bonds. The van der Waals surface area contributed by atoms with Crippen LogP contribution in [-0.2, 0) is 4.79 Å². The van der Waals surface area contributed by atoms with Gasteiger partial charge in [0.2, 0.25) is 5.91 Å². The van der Waals surface area contributed by atoms with E-state index in [0.29, 0.717) is 16.0 Å². The Morgan fingerprint density at radius 3 is 2.46 bits per heavy atom. The molecule has 2 heterocycles. The fraction of sp³-hybridized carbons (Fsp3) is 0.222. The number of rotatable bonds is 5. The topological polar surface area (TPSA) is 67.8 Å². The van der Waals surface area contributed by atoms with Crippen LogP contribution in [0.1, 0.15) is 18.3 Å². The van der Waals surface area contributed by atoms with Crippen LogP contribution >= 0.6 is 23.1 Å². The molecule has 0 radical (unpaired) electrons. The third kappa shape index (κ3) is 4.64. The number of hydrogen-bond acceptors (Lipinski definition) is 6. The van der Waals surface area contributed by atoms with Crippen molar-refractivity contribution in [1.82, 2.24) is 15.0 Å². The molecule has 3 aromatic rings. The van der Waals surface area contributed by atoms with Gasteiger partial charge in [0.15, 0.2) is 10.3 Å². The van der Waals surface area contributed by atoms with E-state index < -0.39 is 0 Å². The Morgan fingerprint density at radius 1 is 1.15 bits per heavy atom. The van der Waals surface area contributed by atoms with Gasteiger partial charge >= 0.3 is 0 Å². The Morgan fingerprint density at radius 2 is 1.81 bits per heavy atom. The third-order valence-electron chi connectivity index (χ3n) is 3.49. The molecular weight excluding hydrogens is 371 g/mol. The van der Waals surface area contributed by atoms with Gasteiger partial charge in [0.25, 0.3) is 0 Å². The molecule has 134 valence electrons. The van der Waals surface area contributed by atoms with Gasteiger partial charge in [-0.3, -0.25) is 4.79 Å². The van der Waals surface area contributed by atoms with Gasteiger partial charge in [-0.1, -0.05) is 11.8 Å². The van der Waals surface area contributed by atoms with Crippen LogP contribution in [0.15, 0.2) is 40.9 Å². The molecule has 0 bridgehead atoms. The molecular formula is C18H17FN4OS2. The molecule has 1 N–H and O–H groups in total. The maximum Gasteiger partial charge on any atom is 0.239 e. The first-order chi connectivity index (χ1) is 12.4. The Balaban J connectivity index is 1.65. The molecule has 5 nitrogen and oxygen atoms in total. The first-order valence-corrected chi connectivity index (χ1v) is 9.68. The molecule has 0 spiro atoms. The molecule has 26 heavy (non-hydrogen) atoms. The van der Waals surface area contributed by atoms with Crippen molar-refractivity contribution in [1.29, 1.82) is 0 Å². The summed E-state index contributed by atoms with van der Waals surface area (Å²) < 4.78 is 13.0. The summed E-state index contributed by atoms with van der Waals surface area (Å²) in [7, 11) is 0. The number of thioether (sulfide) groups is 1. The minimum absolute atomic E-state index is 0.169. The summed E-state index contributed by atoms with van der Waals surface area (Å²) in [4.78, 5) is 25.5. The van der Waals surface area contributed by atoms with Crippen molar-refractivity contribution < 1.29 is 9.18 Å². The minimum Gasteiger partial charge on any atom is -0.301 e. The van der Waals surface area contributed by atoms with Crippen LogP contribution in [0, 0.1) is 19.7 Å². The van der Waals surface area contributed by atoms with Crippen molar-refractivity contribution in [3.8, 4) is 11.3 Å². The summed E-state index contributed by atoms with van der Waals surface area (Å²) >= 11 is 2.63. The zero-order chi connectivity index (χ0) is 18.7. The molecule has 0 aliphatic rings. The van der Waals surface area contributed by atoms with Gasteiger partial charge in [-0.15, -0.1) is 11.3 Å². The zero-order valence-corrected chi connectivity index (χ0v) is 16.1. The van der Waals surface area contributed by atoms with E-state index >= 15 is 0 Å². The van der Waals surface area contributed by atoms with E-state index in [2.05, 4.69) is 20.3 Å². The quantitative estimate of drug-likeness (QED) is 0.516. The highest BCUT2D eigenvalue weighted by molar-refractivity contribution is 8.00. The molecule has 1 unspecified atom stereocenters. The molecule has 0 aliphatic heterocycles. The Labute approximate surface area is 159 Å².